The standard InChI is InChI=1S/C15H10Cl2N2O3/c16-10-3-2-9(6-11(10)17)18-15(21)8-1-4-12-13(5-8)22-7-14(20)19-12/h1-6H,7H2,(H,18,21)(H,19,20). The van der Waals surface area contributed by atoms with Crippen LogP contribution in [0.1, 0.15) is 10.4 Å². The van der Waals surface area contributed by atoms with Crippen LogP contribution in [0.5, 0.6) is 5.75 Å². The summed E-state index contributed by atoms with van der Waals surface area (Å²) in [6.07, 6.45) is 0. The van der Waals surface area contributed by atoms with Crippen molar-refractivity contribution in [2.45, 2.75) is 0 Å². The van der Waals surface area contributed by atoms with Crippen molar-refractivity contribution in [1.29, 1.82) is 0 Å². The fraction of sp³-hybridized carbons (Fsp3) is 0.0667. The number of nitrogens with one attached hydrogen (secondary N) is 2. The second-order valence-electron chi connectivity index (χ2n) is 4.63. The van der Waals surface area contributed by atoms with Crippen LogP contribution in [0.3, 0.4) is 0 Å². The number of carbonyl (C=O) groups excluding carboxylic acids is 2. The summed E-state index contributed by atoms with van der Waals surface area (Å²) in [5.41, 5.74) is 1.48. The summed E-state index contributed by atoms with van der Waals surface area (Å²) < 4.78 is 5.28. The molecule has 2 N–H and O–H groups in total. The predicted molar refractivity (Wildman–Crippen MR) is 85.0 cm³/mol. The molecule has 0 saturated carbocycles. The van der Waals surface area contributed by atoms with E-state index in [0.29, 0.717) is 32.7 Å². The third-order valence-corrected chi connectivity index (χ3v) is 3.79. The lowest BCUT2D eigenvalue weighted by molar-refractivity contribution is -0.118. The number of amides is 2. The highest BCUT2D eigenvalue weighted by Crippen LogP contribution is 2.29. The fourth-order valence-corrected chi connectivity index (χ4v) is 2.29. The number of benzene rings is 2. The molecule has 1 aliphatic rings. The minimum atomic E-state index is -0.318. The van der Waals surface area contributed by atoms with Gasteiger partial charge in [0, 0.05) is 11.3 Å². The minimum Gasteiger partial charge on any atom is -0.482 e. The van der Waals surface area contributed by atoms with Crippen molar-refractivity contribution < 1.29 is 14.3 Å². The average molecular weight is 337 g/mol. The molecule has 5 nitrogen and oxygen atoms in total. The monoisotopic (exact) mass is 336 g/mol. The largest absolute Gasteiger partial charge is 0.482 e. The molecule has 1 aliphatic heterocycles. The number of hydrogen-bond acceptors (Lipinski definition) is 3. The molecule has 0 atom stereocenters. The van der Waals surface area contributed by atoms with Gasteiger partial charge in [0.15, 0.2) is 6.61 Å². The van der Waals surface area contributed by atoms with Gasteiger partial charge in [0.1, 0.15) is 5.75 Å². The molecule has 0 aliphatic carbocycles. The van der Waals surface area contributed by atoms with Crippen LogP contribution < -0.4 is 15.4 Å². The third-order valence-electron chi connectivity index (χ3n) is 3.05. The van der Waals surface area contributed by atoms with E-state index < -0.39 is 0 Å². The van der Waals surface area contributed by atoms with Crippen LogP contribution in [0.2, 0.25) is 10.0 Å². The highest BCUT2D eigenvalue weighted by Gasteiger charge is 2.18. The Kier molecular flexibility index (Phi) is 3.92. The first-order valence-corrected chi connectivity index (χ1v) is 7.11. The summed E-state index contributed by atoms with van der Waals surface area (Å²) in [4.78, 5) is 23.4. The van der Waals surface area contributed by atoms with Gasteiger partial charge in [-0.25, -0.2) is 0 Å². The number of ether oxygens (including phenoxy) is 1. The fourth-order valence-electron chi connectivity index (χ4n) is 1.99. The van der Waals surface area contributed by atoms with Gasteiger partial charge >= 0.3 is 0 Å². The quantitative estimate of drug-likeness (QED) is 0.880. The van der Waals surface area contributed by atoms with Crippen molar-refractivity contribution in [2.75, 3.05) is 17.2 Å². The summed E-state index contributed by atoms with van der Waals surface area (Å²) in [5, 5.41) is 6.15. The molecule has 7 heteroatoms. The van der Waals surface area contributed by atoms with Gasteiger partial charge in [-0.05, 0) is 36.4 Å². The van der Waals surface area contributed by atoms with Crippen LogP contribution in [-0.2, 0) is 4.79 Å². The molecule has 1 heterocycles. The molecule has 22 heavy (non-hydrogen) atoms. The smallest absolute Gasteiger partial charge is 0.262 e. The van der Waals surface area contributed by atoms with Gasteiger partial charge in [0.2, 0.25) is 0 Å². The lowest BCUT2D eigenvalue weighted by Gasteiger charge is -2.18. The molecule has 0 aromatic heterocycles. The Bertz CT molecular complexity index is 777. The van der Waals surface area contributed by atoms with Crippen LogP contribution in [0.15, 0.2) is 36.4 Å². The Hall–Kier alpha value is -2.24. The Morgan fingerprint density at radius 2 is 1.95 bits per heavy atom. The van der Waals surface area contributed by atoms with Gasteiger partial charge in [-0.1, -0.05) is 23.2 Å². The molecule has 0 unspecified atom stereocenters. The van der Waals surface area contributed by atoms with Crippen LogP contribution in [-0.4, -0.2) is 18.4 Å². The molecule has 0 radical (unpaired) electrons. The molecule has 0 saturated heterocycles. The van der Waals surface area contributed by atoms with Crippen molar-refractivity contribution >= 4 is 46.4 Å². The first kappa shape index (κ1) is 14.7. The molecule has 2 aromatic rings. The number of carbonyl (C=O) groups is 2. The number of hydrogen-bond donors (Lipinski definition) is 2. The predicted octanol–water partition coefficient (Wildman–Crippen LogP) is 3.58. The average Bonchev–Trinajstić information content (AvgIpc) is 2.50. The van der Waals surface area contributed by atoms with Crippen LogP contribution in [0.4, 0.5) is 11.4 Å². The number of rotatable bonds is 2. The molecule has 0 bridgehead atoms. The Morgan fingerprint density at radius 3 is 2.73 bits per heavy atom. The van der Waals surface area contributed by atoms with E-state index in [1.165, 1.54) is 0 Å². The van der Waals surface area contributed by atoms with E-state index >= 15 is 0 Å². The summed E-state index contributed by atoms with van der Waals surface area (Å²) >= 11 is 11.7. The van der Waals surface area contributed by atoms with Crippen LogP contribution in [0, 0.1) is 0 Å². The van der Waals surface area contributed by atoms with E-state index in [-0.39, 0.29) is 18.4 Å². The Balaban J connectivity index is 1.80. The van der Waals surface area contributed by atoms with Gasteiger partial charge < -0.3 is 15.4 Å². The van der Waals surface area contributed by atoms with Crippen molar-refractivity contribution in [3.05, 3.63) is 52.0 Å². The minimum absolute atomic E-state index is 0.0646. The van der Waals surface area contributed by atoms with E-state index in [4.69, 9.17) is 27.9 Å². The normalized spacial score (nSPS) is 12.9. The van der Waals surface area contributed by atoms with Crippen molar-refractivity contribution in [2.24, 2.45) is 0 Å². The van der Waals surface area contributed by atoms with E-state index in [1.807, 2.05) is 0 Å². The third kappa shape index (κ3) is 3.00. The Morgan fingerprint density at radius 1 is 1.14 bits per heavy atom. The maximum absolute atomic E-state index is 12.2. The number of fused-ring (bicyclic) bond motifs is 1. The second-order valence-corrected chi connectivity index (χ2v) is 5.45. The molecule has 0 spiro atoms. The maximum atomic E-state index is 12.2. The second kappa shape index (κ2) is 5.87. The number of anilines is 2. The molecular formula is C15H10Cl2N2O3. The van der Waals surface area contributed by atoms with Gasteiger partial charge in [-0.2, -0.15) is 0 Å². The Labute approximate surface area is 136 Å². The number of halogens is 2. The molecule has 2 aromatic carbocycles. The first-order chi connectivity index (χ1) is 10.5. The first-order valence-electron chi connectivity index (χ1n) is 6.36. The van der Waals surface area contributed by atoms with E-state index in [9.17, 15) is 9.59 Å². The summed E-state index contributed by atoms with van der Waals surface area (Å²) in [5.74, 6) is -0.0800. The van der Waals surface area contributed by atoms with Crippen molar-refractivity contribution in [3.63, 3.8) is 0 Å². The lowest BCUT2D eigenvalue weighted by Crippen LogP contribution is -2.25. The van der Waals surface area contributed by atoms with Gasteiger partial charge in [0.25, 0.3) is 11.8 Å². The van der Waals surface area contributed by atoms with Crippen molar-refractivity contribution in [3.8, 4) is 5.75 Å². The topological polar surface area (TPSA) is 67.4 Å². The van der Waals surface area contributed by atoms with Crippen LogP contribution >= 0.6 is 23.2 Å². The lowest BCUT2D eigenvalue weighted by atomic mass is 10.1. The van der Waals surface area contributed by atoms with E-state index in [1.54, 1.807) is 36.4 Å². The molecule has 0 fully saturated rings. The molecule has 3 rings (SSSR count). The SMILES string of the molecule is O=C1COc2cc(C(=O)Nc3ccc(Cl)c(Cl)c3)ccc2N1. The zero-order valence-electron chi connectivity index (χ0n) is 11.2. The summed E-state index contributed by atoms with van der Waals surface area (Å²) in [6, 6.07) is 9.61. The van der Waals surface area contributed by atoms with E-state index in [2.05, 4.69) is 10.6 Å². The zero-order valence-corrected chi connectivity index (χ0v) is 12.7. The highest BCUT2D eigenvalue weighted by molar-refractivity contribution is 6.42. The zero-order chi connectivity index (χ0) is 15.7. The van der Waals surface area contributed by atoms with Crippen LogP contribution in [0.25, 0.3) is 0 Å². The van der Waals surface area contributed by atoms with Gasteiger partial charge in [-0.3, -0.25) is 9.59 Å². The van der Waals surface area contributed by atoms with Gasteiger partial charge in [-0.15, -0.1) is 0 Å². The molecule has 112 valence electrons. The molecule has 2 amide bonds. The van der Waals surface area contributed by atoms with E-state index in [0.717, 1.165) is 0 Å². The maximum Gasteiger partial charge on any atom is 0.262 e. The summed E-state index contributed by atoms with van der Waals surface area (Å²) in [7, 11) is 0. The summed E-state index contributed by atoms with van der Waals surface area (Å²) in [6.45, 7) is -0.0646. The molecular weight excluding hydrogens is 327 g/mol. The van der Waals surface area contributed by atoms with Gasteiger partial charge in [0.05, 0.1) is 15.7 Å². The highest BCUT2D eigenvalue weighted by atomic mass is 35.5. The van der Waals surface area contributed by atoms with Crippen molar-refractivity contribution in [1.82, 2.24) is 0 Å².